The Labute approximate surface area is 109 Å². The number of amides is 1. The first-order chi connectivity index (χ1) is 8.52. The van der Waals surface area contributed by atoms with Crippen LogP contribution in [-0.2, 0) is 4.79 Å². The molecular weight excluding hydrogens is 258 g/mol. The molecule has 2 heterocycles. The Morgan fingerprint density at radius 2 is 2.39 bits per heavy atom. The lowest BCUT2D eigenvalue weighted by Gasteiger charge is -2.15. The lowest BCUT2D eigenvalue weighted by Crippen LogP contribution is -2.25. The molecule has 0 saturated carbocycles. The van der Waals surface area contributed by atoms with E-state index in [0.29, 0.717) is 30.2 Å². The minimum atomic E-state index is -0.487. The summed E-state index contributed by atoms with van der Waals surface area (Å²) in [7, 11) is 0. The summed E-state index contributed by atoms with van der Waals surface area (Å²) in [5.74, 6) is 0.961. The molecule has 1 aromatic heterocycles. The lowest BCUT2D eigenvalue weighted by atomic mass is 10.1. The van der Waals surface area contributed by atoms with Crippen molar-refractivity contribution < 1.29 is 9.72 Å². The summed E-state index contributed by atoms with van der Waals surface area (Å²) in [6.07, 6.45) is 1.59. The number of rotatable bonds is 3. The summed E-state index contributed by atoms with van der Waals surface area (Å²) in [5, 5.41) is 10.7. The number of alkyl halides is 1. The molecule has 0 bridgehead atoms. The predicted octanol–water partition coefficient (Wildman–Crippen LogP) is 1.89. The number of pyridine rings is 1. The van der Waals surface area contributed by atoms with E-state index in [-0.39, 0.29) is 17.5 Å². The first-order valence-corrected chi connectivity index (χ1v) is 6.03. The summed E-state index contributed by atoms with van der Waals surface area (Å²) < 4.78 is 0. The average molecular weight is 270 g/mol. The molecule has 0 N–H and O–H groups in total. The molecule has 0 spiro atoms. The van der Waals surface area contributed by atoms with Crippen molar-refractivity contribution in [2.45, 2.75) is 13.3 Å². The van der Waals surface area contributed by atoms with Crippen LogP contribution in [0, 0.1) is 23.0 Å². The Morgan fingerprint density at radius 3 is 2.89 bits per heavy atom. The van der Waals surface area contributed by atoms with Crippen LogP contribution in [0.3, 0.4) is 0 Å². The van der Waals surface area contributed by atoms with Crippen molar-refractivity contribution in [1.82, 2.24) is 4.98 Å². The largest absolute Gasteiger partial charge is 0.296 e. The maximum atomic E-state index is 11.8. The van der Waals surface area contributed by atoms with Crippen molar-refractivity contribution >= 4 is 29.0 Å². The van der Waals surface area contributed by atoms with Gasteiger partial charge in [-0.2, -0.15) is 0 Å². The second-order valence-corrected chi connectivity index (χ2v) is 4.62. The van der Waals surface area contributed by atoms with Gasteiger partial charge in [-0.25, -0.2) is 4.98 Å². The zero-order chi connectivity index (χ0) is 13.3. The van der Waals surface area contributed by atoms with Crippen molar-refractivity contribution in [3.8, 4) is 0 Å². The highest BCUT2D eigenvalue weighted by molar-refractivity contribution is 6.18. The van der Waals surface area contributed by atoms with Gasteiger partial charge in [0.05, 0.1) is 4.92 Å². The summed E-state index contributed by atoms with van der Waals surface area (Å²) in [6.45, 7) is 2.15. The second kappa shape index (κ2) is 4.89. The first-order valence-electron chi connectivity index (χ1n) is 5.50. The third kappa shape index (κ3) is 2.28. The van der Waals surface area contributed by atoms with Crippen molar-refractivity contribution in [3.05, 3.63) is 27.9 Å². The van der Waals surface area contributed by atoms with Crippen LogP contribution >= 0.6 is 11.6 Å². The number of halogens is 1. The molecule has 1 aromatic rings. The molecule has 6 nitrogen and oxygen atoms in total. The van der Waals surface area contributed by atoms with E-state index in [0.717, 1.165) is 0 Å². The molecule has 1 aliphatic heterocycles. The fourth-order valence-corrected chi connectivity index (χ4v) is 2.19. The van der Waals surface area contributed by atoms with Gasteiger partial charge in [0.15, 0.2) is 0 Å². The zero-order valence-corrected chi connectivity index (χ0v) is 10.6. The van der Waals surface area contributed by atoms with Gasteiger partial charge in [-0.1, -0.05) is 0 Å². The monoisotopic (exact) mass is 269 g/mol. The summed E-state index contributed by atoms with van der Waals surface area (Å²) in [5.41, 5.74) is 0.450. The first kappa shape index (κ1) is 12.8. The van der Waals surface area contributed by atoms with Crippen LogP contribution in [0.15, 0.2) is 12.3 Å². The van der Waals surface area contributed by atoms with E-state index < -0.39 is 4.92 Å². The van der Waals surface area contributed by atoms with Gasteiger partial charge in [0.2, 0.25) is 5.91 Å². The van der Waals surface area contributed by atoms with Crippen LogP contribution in [0.2, 0.25) is 0 Å². The number of hydrogen-bond acceptors (Lipinski definition) is 4. The van der Waals surface area contributed by atoms with E-state index in [1.165, 1.54) is 11.1 Å². The van der Waals surface area contributed by atoms with Crippen molar-refractivity contribution in [1.29, 1.82) is 0 Å². The maximum Gasteiger partial charge on any atom is 0.290 e. The summed E-state index contributed by atoms with van der Waals surface area (Å²) in [4.78, 5) is 27.5. The third-order valence-electron chi connectivity index (χ3n) is 2.97. The fourth-order valence-electron chi connectivity index (χ4n) is 1.98. The number of aryl methyl sites for hydroxylation is 1. The molecule has 96 valence electrons. The number of nitrogens with zero attached hydrogens (tertiary/aromatic N) is 3. The van der Waals surface area contributed by atoms with Crippen LogP contribution in [0.1, 0.15) is 12.0 Å². The highest BCUT2D eigenvalue weighted by Crippen LogP contribution is 2.27. The van der Waals surface area contributed by atoms with Gasteiger partial charge in [-0.05, 0) is 18.9 Å². The standard InChI is InChI=1S/C11H12ClN3O3/c1-7-2-10(13-5-9(7)15(17)18)14-6-8(4-12)3-11(14)16/h2,5,8H,3-4,6H2,1H3. The number of carbonyl (C=O) groups excluding carboxylic acids is 1. The van der Waals surface area contributed by atoms with Crippen molar-refractivity contribution in [3.63, 3.8) is 0 Å². The minimum absolute atomic E-state index is 0.0404. The molecule has 1 amide bonds. The van der Waals surface area contributed by atoms with Crippen LogP contribution in [0.4, 0.5) is 11.5 Å². The van der Waals surface area contributed by atoms with Gasteiger partial charge in [0, 0.05) is 24.4 Å². The van der Waals surface area contributed by atoms with E-state index >= 15 is 0 Å². The highest BCUT2D eigenvalue weighted by Gasteiger charge is 2.31. The van der Waals surface area contributed by atoms with Crippen LogP contribution in [0.5, 0.6) is 0 Å². The number of anilines is 1. The molecule has 1 unspecified atom stereocenters. The van der Waals surface area contributed by atoms with Crippen LogP contribution in [-0.4, -0.2) is 28.2 Å². The maximum absolute atomic E-state index is 11.8. The molecule has 0 radical (unpaired) electrons. The smallest absolute Gasteiger partial charge is 0.290 e. The Hall–Kier alpha value is -1.69. The van der Waals surface area contributed by atoms with Gasteiger partial charge in [-0.3, -0.25) is 19.8 Å². The Kier molecular flexibility index (Phi) is 3.47. The quantitative estimate of drug-likeness (QED) is 0.477. The number of aromatic nitrogens is 1. The molecule has 1 atom stereocenters. The van der Waals surface area contributed by atoms with E-state index in [4.69, 9.17) is 11.6 Å². The molecule has 7 heteroatoms. The number of nitro groups is 1. The minimum Gasteiger partial charge on any atom is -0.296 e. The van der Waals surface area contributed by atoms with Crippen LogP contribution in [0.25, 0.3) is 0 Å². The zero-order valence-electron chi connectivity index (χ0n) is 9.80. The molecule has 1 saturated heterocycles. The second-order valence-electron chi connectivity index (χ2n) is 4.31. The highest BCUT2D eigenvalue weighted by atomic mass is 35.5. The molecule has 0 aromatic carbocycles. The van der Waals surface area contributed by atoms with Gasteiger partial charge >= 0.3 is 0 Å². The van der Waals surface area contributed by atoms with Gasteiger partial charge in [-0.15, -0.1) is 11.6 Å². The topological polar surface area (TPSA) is 76.3 Å². The third-order valence-corrected chi connectivity index (χ3v) is 3.40. The normalized spacial score (nSPS) is 19.3. The van der Waals surface area contributed by atoms with E-state index in [2.05, 4.69) is 4.98 Å². The molecule has 2 rings (SSSR count). The van der Waals surface area contributed by atoms with Crippen LogP contribution < -0.4 is 4.90 Å². The average Bonchev–Trinajstić information content (AvgIpc) is 2.70. The van der Waals surface area contributed by atoms with Gasteiger partial charge < -0.3 is 0 Å². The SMILES string of the molecule is Cc1cc(N2CC(CCl)CC2=O)ncc1[N+](=O)[O-]. The Balaban J connectivity index is 2.27. The van der Waals surface area contributed by atoms with E-state index in [1.54, 1.807) is 13.0 Å². The fraction of sp³-hybridized carbons (Fsp3) is 0.455. The molecule has 18 heavy (non-hydrogen) atoms. The van der Waals surface area contributed by atoms with Crippen molar-refractivity contribution in [2.24, 2.45) is 5.92 Å². The summed E-state index contributed by atoms with van der Waals surface area (Å²) >= 11 is 5.74. The lowest BCUT2D eigenvalue weighted by molar-refractivity contribution is -0.385. The summed E-state index contributed by atoms with van der Waals surface area (Å²) in [6, 6.07) is 1.56. The molecule has 1 fully saturated rings. The number of hydrogen-bond donors (Lipinski definition) is 0. The molecular formula is C11H12ClN3O3. The van der Waals surface area contributed by atoms with E-state index in [1.807, 2.05) is 0 Å². The van der Waals surface area contributed by atoms with Gasteiger partial charge in [0.25, 0.3) is 5.69 Å². The Morgan fingerprint density at radius 1 is 1.67 bits per heavy atom. The van der Waals surface area contributed by atoms with E-state index in [9.17, 15) is 14.9 Å². The Bertz CT molecular complexity index is 506. The predicted molar refractivity (Wildman–Crippen MR) is 66.8 cm³/mol. The molecule has 1 aliphatic rings. The van der Waals surface area contributed by atoms with Gasteiger partial charge in [0.1, 0.15) is 12.0 Å². The van der Waals surface area contributed by atoms with Crippen molar-refractivity contribution in [2.75, 3.05) is 17.3 Å². The molecule has 0 aliphatic carbocycles. The number of carbonyl (C=O) groups is 1.